The van der Waals surface area contributed by atoms with Gasteiger partial charge in [-0.15, -0.1) is 0 Å². The molecule has 1 heterocycles. The van der Waals surface area contributed by atoms with Crippen LogP contribution in [0.25, 0.3) is 0 Å². The number of fused-ring (bicyclic) bond motifs is 1. The molecule has 0 bridgehead atoms. The van der Waals surface area contributed by atoms with Crippen molar-refractivity contribution in [1.29, 1.82) is 0 Å². The number of carboxylic acids is 1. The van der Waals surface area contributed by atoms with Crippen LogP contribution in [0.5, 0.6) is 5.75 Å². The van der Waals surface area contributed by atoms with Gasteiger partial charge in [0.1, 0.15) is 17.9 Å². The number of carboxylic acid groups (broad SMARTS) is 1. The van der Waals surface area contributed by atoms with E-state index in [1.807, 2.05) is 31.0 Å². The van der Waals surface area contributed by atoms with E-state index >= 15 is 0 Å². The third-order valence-electron chi connectivity index (χ3n) is 3.46. The highest BCUT2D eigenvalue weighted by Gasteiger charge is 2.28. The summed E-state index contributed by atoms with van der Waals surface area (Å²) in [5, 5.41) is 9.83. The summed E-state index contributed by atoms with van der Waals surface area (Å²) in [5.74, 6) is 0.0646. The van der Waals surface area contributed by atoms with Crippen molar-refractivity contribution in [1.82, 2.24) is 4.90 Å². The second kappa shape index (κ2) is 5.80. The van der Waals surface area contributed by atoms with Gasteiger partial charge >= 0.3 is 5.97 Å². The van der Waals surface area contributed by atoms with Gasteiger partial charge in [0.25, 0.3) is 0 Å². The number of aliphatic carboxylic acids is 1. The van der Waals surface area contributed by atoms with Crippen molar-refractivity contribution < 1.29 is 14.6 Å². The van der Waals surface area contributed by atoms with Crippen LogP contribution >= 0.6 is 11.6 Å². The van der Waals surface area contributed by atoms with E-state index in [9.17, 15) is 4.79 Å². The fraction of sp³-hybridized carbons (Fsp3) is 0.500. The molecule has 104 valence electrons. The standard InChI is InChI=1S/C14H18ClNO3/c1-3-12(14(17)18)16(2)8-11-7-9-6-10(15)4-5-13(9)19-11/h4-6,11-12H,3,7-8H2,1-2H3,(H,17,18). The largest absolute Gasteiger partial charge is 0.488 e. The Balaban J connectivity index is 1.98. The molecule has 1 aromatic carbocycles. The van der Waals surface area contributed by atoms with Crippen molar-refractivity contribution in [2.75, 3.05) is 13.6 Å². The van der Waals surface area contributed by atoms with E-state index in [-0.39, 0.29) is 6.10 Å². The fourth-order valence-corrected chi connectivity index (χ4v) is 2.71. The maximum atomic E-state index is 11.1. The lowest BCUT2D eigenvalue weighted by Gasteiger charge is -2.25. The topological polar surface area (TPSA) is 49.8 Å². The van der Waals surface area contributed by atoms with Crippen LogP contribution in [0.4, 0.5) is 0 Å². The minimum absolute atomic E-state index is 0.00753. The van der Waals surface area contributed by atoms with Gasteiger partial charge < -0.3 is 9.84 Å². The van der Waals surface area contributed by atoms with E-state index in [0.29, 0.717) is 18.0 Å². The van der Waals surface area contributed by atoms with Crippen molar-refractivity contribution in [2.24, 2.45) is 0 Å². The summed E-state index contributed by atoms with van der Waals surface area (Å²) in [6.07, 6.45) is 1.35. The quantitative estimate of drug-likeness (QED) is 0.902. The summed E-state index contributed by atoms with van der Waals surface area (Å²) in [5.41, 5.74) is 1.09. The van der Waals surface area contributed by atoms with Crippen molar-refractivity contribution in [3.8, 4) is 5.75 Å². The van der Waals surface area contributed by atoms with Gasteiger partial charge in [-0.25, -0.2) is 0 Å². The highest BCUT2D eigenvalue weighted by atomic mass is 35.5. The van der Waals surface area contributed by atoms with Crippen LogP contribution in [-0.4, -0.2) is 41.7 Å². The second-order valence-electron chi connectivity index (χ2n) is 4.90. The molecule has 4 nitrogen and oxygen atoms in total. The molecule has 5 heteroatoms. The highest BCUT2D eigenvalue weighted by molar-refractivity contribution is 6.30. The van der Waals surface area contributed by atoms with Gasteiger partial charge in [-0.1, -0.05) is 18.5 Å². The number of carbonyl (C=O) groups is 1. The van der Waals surface area contributed by atoms with Crippen LogP contribution in [0, 0.1) is 0 Å². The first kappa shape index (κ1) is 14.2. The van der Waals surface area contributed by atoms with Crippen LogP contribution in [-0.2, 0) is 11.2 Å². The summed E-state index contributed by atoms with van der Waals surface area (Å²) in [6, 6.07) is 5.12. The number of likely N-dealkylation sites (N-methyl/N-ethyl adjacent to an activating group) is 1. The predicted molar refractivity (Wildman–Crippen MR) is 73.9 cm³/mol. The molecule has 2 atom stereocenters. The highest BCUT2D eigenvalue weighted by Crippen LogP contribution is 2.31. The number of hydrogen-bond acceptors (Lipinski definition) is 3. The Hall–Kier alpha value is -1.26. The van der Waals surface area contributed by atoms with Gasteiger partial charge in [0.2, 0.25) is 0 Å². The molecule has 1 aromatic rings. The molecule has 0 spiro atoms. The van der Waals surface area contributed by atoms with E-state index in [0.717, 1.165) is 17.7 Å². The zero-order valence-electron chi connectivity index (χ0n) is 11.1. The average Bonchev–Trinajstić information content (AvgIpc) is 2.70. The molecule has 2 unspecified atom stereocenters. The molecule has 19 heavy (non-hydrogen) atoms. The summed E-state index contributed by atoms with van der Waals surface area (Å²) in [7, 11) is 1.82. The zero-order valence-corrected chi connectivity index (χ0v) is 11.9. The molecule has 1 N–H and O–H groups in total. The molecule has 0 amide bonds. The summed E-state index contributed by atoms with van der Waals surface area (Å²) >= 11 is 5.95. The maximum Gasteiger partial charge on any atom is 0.320 e. The molecule has 1 aliphatic heterocycles. The van der Waals surface area contributed by atoms with Crippen LogP contribution in [0.2, 0.25) is 5.02 Å². The van der Waals surface area contributed by atoms with Crippen molar-refractivity contribution in [3.05, 3.63) is 28.8 Å². The SMILES string of the molecule is CCC(C(=O)O)N(C)CC1Cc2cc(Cl)ccc2O1. The lowest BCUT2D eigenvalue weighted by Crippen LogP contribution is -2.43. The Bertz CT molecular complexity index is 478. The van der Waals surface area contributed by atoms with Gasteiger partial charge in [0, 0.05) is 18.0 Å². The first-order chi connectivity index (χ1) is 9.01. The summed E-state index contributed by atoms with van der Waals surface area (Å²) in [4.78, 5) is 12.9. The summed E-state index contributed by atoms with van der Waals surface area (Å²) in [6.45, 7) is 2.47. The lowest BCUT2D eigenvalue weighted by atomic mass is 10.1. The van der Waals surface area contributed by atoms with Gasteiger partial charge in [0.15, 0.2) is 0 Å². The molecule has 0 aliphatic carbocycles. The third kappa shape index (κ3) is 3.19. The summed E-state index contributed by atoms with van der Waals surface area (Å²) < 4.78 is 5.81. The Morgan fingerprint density at radius 2 is 2.37 bits per heavy atom. The molecule has 0 saturated carbocycles. The first-order valence-electron chi connectivity index (χ1n) is 6.39. The molecule has 0 fully saturated rings. The van der Waals surface area contributed by atoms with Crippen LogP contribution in [0.15, 0.2) is 18.2 Å². The molecular formula is C14H18ClNO3. The Morgan fingerprint density at radius 1 is 1.63 bits per heavy atom. The molecular weight excluding hydrogens is 266 g/mol. The zero-order chi connectivity index (χ0) is 14.0. The fourth-order valence-electron chi connectivity index (χ4n) is 2.51. The van der Waals surface area contributed by atoms with Gasteiger partial charge in [0.05, 0.1) is 0 Å². The van der Waals surface area contributed by atoms with Crippen LogP contribution < -0.4 is 4.74 Å². The molecule has 0 saturated heterocycles. The minimum Gasteiger partial charge on any atom is -0.488 e. The predicted octanol–water partition coefficient (Wildman–Crippen LogP) is 2.44. The number of halogens is 1. The molecule has 0 radical (unpaired) electrons. The van der Waals surface area contributed by atoms with Crippen LogP contribution in [0.1, 0.15) is 18.9 Å². The van der Waals surface area contributed by atoms with Crippen molar-refractivity contribution >= 4 is 17.6 Å². The third-order valence-corrected chi connectivity index (χ3v) is 3.69. The Labute approximate surface area is 117 Å². The number of ether oxygens (including phenoxy) is 1. The van der Waals surface area contributed by atoms with E-state index < -0.39 is 12.0 Å². The number of hydrogen-bond donors (Lipinski definition) is 1. The Morgan fingerprint density at radius 3 is 3.00 bits per heavy atom. The second-order valence-corrected chi connectivity index (χ2v) is 5.33. The van der Waals surface area contributed by atoms with Gasteiger partial charge in [-0.05, 0) is 37.2 Å². The van der Waals surface area contributed by atoms with Gasteiger partial charge in [-0.2, -0.15) is 0 Å². The molecule has 1 aliphatic rings. The monoisotopic (exact) mass is 283 g/mol. The van der Waals surface area contributed by atoms with E-state index in [4.69, 9.17) is 21.4 Å². The van der Waals surface area contributed by atoms with Gasteiger partial charge in [-0.3, -0.25) is 9.69 Å². The minimum atomic E-state index is -0.788. The normalized spacial score (nSPS) is 19.1. The number of nitrogens with zero attached hydrogens (tertiary/aromatic N) is 1. The lowest BCUT2D eigenvalue weighted by molar-refractivity contribution is -0.143. The number of benzene rings is 1. The molecule has 2 rings (SSSR count). The van der Waals surface area contributed by atoms with Crippen molar-refractivity contribution in [3.63, 3.8) is 0 Å². The van der Waals surface area contributed by atoms with E-state index in [1.54, 1.807) is 6.07 Å². The first-order valence-corrected chi connectivity index (χ1v) is 6.77. The number of rotatable bonds is 5. The maximum absolute atomic E-state index is 11.1. The van der Waals surface area contributed by atoms with Crippen LogP contribution in [0.3, 0.4) is 0 Å². The van der Waals surface area contributed by atoms with E-state index in [2.05, 4.69) is 0 Å². The van der Waals surface area contributed by atoms with Crippen molar-refractivity contribution in [2.45, 2.75) is 31.9 Å². The average molecular weight is 284 g/mol. The molecule has 0 aromatic heterocycles. The van der Waals surface area contributed by atoms with E-state index in [1.165, 1.54) is 0 Å². The Kier molecular flexibility index (Phi) is 4.32. The smallest absolute Gasteiger partial charge is 0.320 e.